The summed E-state index contributed by atoms with van der Waals surface area (Å²) in [5.74, 6) is -2.98. The van der Waals surface area contributed by atoms with Crippen LogP contribution in [0.4, 0.5) is 8.78 Å². The maximum Gasteiger partial charge on any atom is 0.286 e. The number of rotatable bonds is 3. The molecule has 0 aliphatic heterocycles. The second kappa shape index (κ2) is 5.51. The first kappa shape index (κ1) is 15.2. The Morgan fingerprint density at radius 3 is 2.52 bits per heavy atom. The summed E-state index contributed by atoms with van der Waals surface area (Å²) in [4.78, 5) is 15.6. The molecule has 0 saturated carbocycles. The van der Waals surface area contributed by atoms with Gasteiger partial charge in [0.25, 0.3) is 11.5 Å². The summed E-state index contributed by atoms with van der Waals surface area (Å²) in [5.41, 5.74) is 7.03. The van der Waals surface area contributed by atoms with Crippen molar-refractivity contribution in [2.24, 2.45) is 5.73 Å². The molecule has 3 aromatic rings. The maximum atomic E-state index is 13.2. The smallest absolute Gasteiger partial charge is 0.286 e. The molecule has 0 atom stereocenters. The third kappa shape index (κ3) is 2.83. The van der Waals surface area contributed by atoms with E-state index in [4.69, 9.17) is 5.73 Å². The number of hydrogen-bond acceptors (Lipinski definition) is 4. The van der Waals surface area contributed by atoms with Gasteiger partial charge in [0, 0.05) is 30.6 Å². The van der Waals surface area contributed by atoms with Gasteiger partial charge in [0.2, 0.25) is 0 Å². The van der Waals surface area contributed by atoms with Crippen LogP contribution in [-0.2, 0) is 12.5 Å². The lowest BCUT2D eigenvalue weighted by atomic mass is 10.0. The summed E-state index contributed by atoms with van der Waals surface area (Å²) in [6.45, 7) is 0.979. The highest BCUT2D eigenvalue weighted by molar-refractivity contribution is 5.88. The van der Waals surface area contributed by atoms with E-state index in [1.165, 1.54) is 12.3 Å². The molecule has 2 heterocycles. The van der Waals surface area contributed by atoms with Crippen molar-refractivity contribution in [2.45, 2.75) is 19.4 Å². The lowest BCUT2D eigenvalue weighted by Gasteiger charge is -2.10. The van der Waals surface area contributed by atoms with E-state index >= 15 is 0 Å². The van der Waals surface area contributed by atoms with Crippen molar-refractivity contribution in [3.05, 3.63) is 58.3 Å². The summed E-state index contributed by atoms with van der Waals surface area (Å²) < 4.78 is 26.4. The van der Waals surface area contributed by atoms with Crippen molar-refractivity contribution in [2.75, 3.05) is 0 Å². The van der Waals surface area contributed by atoms with E-state index in [2.05, 4.69) is 15.2 Å². The fourth-order valence-corrected chi connectivity index (χ4v) is 2.38. The van der Waals surface area contributed by atoms with Gasteiger partial charge in [-0.2, -0.15) is 13.9 Å². The second-order valence-corrected chi connectivity index (χ2v) is 5.28. The van der Waals surface area contributed by atoms with Gasteiger partial charge in [0.15, 0.2) is 0 Å². The van der Waals surface area contributed by atoms with Crippen LogP contribution in [0.1, 0.15) is 18.3 Å². The Labute approximate surface area is 130 Å². The molecule has 0 aliphatic carbocycles. The van der Waals surface area contributed by atoms with Crippen molar-refractivity contribution in [3.63, 3.8) is 0 Å². The third-order valence-electron chi connectivity index (χ3n) is 3.61. The SMILES string of the molecule is CC(F)(F)c1ccc(-c2ccc3c(=O)[nH]nc(CN)c3c2)cn1. The molecule has 0 spiro atoms. The largest absolute Gasteiger partial charge is 0.325 e. The predicted molar refractivity (Wildman–Crippen MR) is 83.1 cm³/mol. The van der Waals surface area contributed by atoms with Gasteiger partial charge in [-0.3, -0.25) is 9.78 Å². The van der Waals surface area contributed by atoms with Crippen molar-refractivity contribution in [3.8, 4) is 11.1 Å². The van der Waals surface area contributed by atoms with Crippen molar-refractivity contribution >= 4 is 10.8 Å². The van der Waals surface area contributed by atoms with Crippen LogP contribution in [0.15, 0.2) is 41.3 Å². The molecule has 3 rings (SSSR count). The van der Waals surface area contributed by atoms with Crippen LogP contribution in [0.5, 0.6) is 0 Å². The second-order valence-electron chi connectivity index (χ2n) is 5.28. The molecular weight excluding hydrogens is 302 g/mol. The molecule has 0 aliphatic rings. The van der Waals surface area contributed by atoms with Gasteiger partial charge in [-0.15, -0.1) is 0 Å². The molecule has 2 aromatic heterocycles. The number of fused-ring (bicyclic) bond motifs is 1. The van der Waals surface area contributed by atoms with Gasteiger partial charge in [-0.05, 0) is 23.8 Å². The van der Waals surface area contributed by atoms with E-state index < -0.39 is 5.92 Å². The minimum Gasteiger partial charge on any atom is -0.325 e. The highest BCUT2D eigenvalue weighted by atomic mass is 19.3. The van der Waals surface area contributed by atoms with Gasteiger partial charge in [-0.1, -0.05) is 12.1 Å². The Morgan fingerprint density at radius 1 is 1.17 bits per heavy atom. The lowest BCUT2D eigenvalue weighted by molar-refractivity contribution is 0.0128. The van der Waals surface area contributed by atoms with Crippen molar-refractivity contribution in [1.82, 2.24) is 15.2 Å². The molecule has 0 amide bonds. The van der Waals surface area contributed by atoms with Crippen LogP contribution >= 0.6 is 0 Å². The summed E-state index contributed by atoms with van der Waals surface area (Å²) in [6.07, 6.45) is 1.39. The van der Waals surface area contributed by atoms with Crippen LogP contribution < -0.4 is 11.3 Å². The minimum absolute atomic E-state index is 0.177. The topological polar surface area (TPSA) is 84.7 Å². The number of halogens is 2. The Kier molecular flexibility index (Phi) is 3.65. The van der Waals surface area contributed by atoms with E-state index in [-0.39, 0.29) is 17.8 Å². The summed E-state index contributed by atoms with van der Waals surface area (Å²) in [7, 11) is 0. The first-order chi connectivity index (χ1) is 10.9. The molecular formula is C16H14F2N4O. The normalized spacial score (nSPS) is 11.8. The number of H-pyrrole nitrogens is 1. The Balaban J connectivity index is 2.12. The molecule has 23 heavy (non-hydrogen) atoms. The van der Waals surface area contributed by atoms with Crippen molar-refractivity contribution < 1.29 is 8.78 Å². The molecule has 118 valence electrons. The van der Waals surface area contributed by atoms with E-state index in [1.54, 1.807) is 24.3 Å². The van der Waals surface area contributed by atoms with Gasteiger partial charge in [0.05, 0.1) is 11.1 Å². The molecule has 0 fully saturated rings. The number of nitrogens with two attached hydrogens (primary N) is 1. The first-order valence-electron chi connectivity index (χ1n) is 6.96. The van der Waals surface area contributed by atoms with E-state index in [9.17, 15) is 13.6 Å². The zero-order valence-corrected chi connectivity index (χ0v) is 12.3. The molecule has 3 N–H and O–H groups in total. The number of aromatic nitrogens is 3. The fourth-order valence-electron chi connectivity index (χ4n) is 2.38. The lowest BCUT2D eigenvalue weighted by Crippen LogP contribution is -2.13. The zero-order valence-electron chi connectivity index (χ0n) is 12.3. The number of aromatic amines is 1. The molecule has 1 aromatic carbocycles. The zero-order chi connectivity index (χ0) is 16.6. The molecule has 0 bridgehead atoms. The summed E-state index contributed by atoms with van der Waals surface area (Å²) in [5, 5.41) is 7.44. The molecule has 0 radical (unpaired) electrons. The van der Waals surface area contributed by atoms with E-state index in [1.807, 2.05) is 0 Å². The number of nitrogens with one attached hydrogen (secondary N) is 1. The number of benzene rings is 1. The first-order valence-corrected chi connectivity index (χ1v) is 6.96. The van der Waals surface area contributed by atoms with Crippen LogP contribution in [0.3, 0.4) is 0 Å². The third-order valence-corrected chi connectivity index (χ3v) is 3.61. The van der Waals surface area contributed by atoms with Gasteiger partial charge in [-0.25, -0.2) is 5.10 Å². The average molecular weight is 316 g/mol. The number of pyridine rings is 1. The Bertz CT molecular complexity index is 914. The van der Waals surface area contributed by atoms with Gasteiger partial charge in [0.1, 0.15) is 5.69 Å². The Hall–Kier alpha value is -2.67. The summed E-state index contributed by atoms with van der Waals surface area (Å²) >= 11 is 0. The molecule has 7 heteroatoms. The summed E-state index contributed by atoms with van der Waals surface area (Å²) in [6, 6.07) is 8.02. The monoisotopic (exact) mass is 316 g/mol. The number of hydrogen-bond donors (Lipinski definition) is 2. The Morgan fingerprint density at radius 2 is 1.91 bits per heavy atom. The fraction of sp³-hybridized carbons (Fsp3) is 0.188. The van der Waals surface area contributed by atoms with E-state index in [0.717, 1.165) is 12.5 Å². The molecule has 0 unspecified atom stereocenters. The van der Waals surface area contributed by atoms with Gasteiger partial charge < -0.3 is 5.73 Å². The standard InChI is InChI=1S/C16H14F2N4O/c1-16(17,18)14-5-3-10(8-20-14)9-2-4-11-12(6-9)13(7-19)21-22-15(11)23/h2-6,8H,7,19H2,1H3,(H,22,23). The van der Waals surface area contributed by atoms with Crippen LogP contribution in [0.2, 0.25) is 0 Å². The number of alkyl halides is 2. The minimum atomic E-state index is -2.98. The van der Waals surface area contributed by atoms with Crippen LogP contribution in [-0.4, -0.2) is 15.2 Å². The predicted octanol–water partition coefficient (Wildman–Crippen LogP) is 2.56. The number of nitrogens with zero attached hydrogens (tertiary/aromatic N) is 2. The molecule has 5 nitrogen and oxygen atoms in total. The average Bonchev–Trinajstić information content (AvgIpc) is 2.54. The van der Waals surface area contributed by atoms with Crippen LogP contribution in [0.25, 0.3) is 21.9 Å². The highest BCUT2D eigenvalue weighted by Crippen LogP contribution is 2.28. The maximum absolute atomic E-state index is 13.2. The quantitative estimate of drug-likeness (QED) is 0.777. The van der Waals surface area contributed by atoms with E-state index in [0.29, 0.717) is 22.0 Å². The van der Waals surface area contributed by atoms with Crippen LogP contribution in [0, 0.1) is 0 Å². The highest BCUT2D eigenvalue weighted by Gasteiger charge is 2.25. The molecule has 0 saturated heterocycles. The van der Waals surface area contributed by atoms with Gasteiger partial charge >= 0.3 is 0 Å². The van der Waals surface area contributed by atoms with Crippen molar-refractivity contribution in [1.29, 1.82) is 0 Å².